The van der Waals surface area contributed by atoms with Crippen LogP contribution >= 0.6 is 27.5 Å². The van der Waals surface area contributed by atoms with Gasteiger partial charge in [0.1, 0.15) is 10.2 Å². The van der Waals surface area contributed by atoms with Crippen molar-refractivity contribution < 1.29 is 14.1 Å². The lowest BCUT2D eigenvalue weighted by Gasteiger charge is -2.09. The van der Waals surface area contributed by atoms with Crippen molar-refractivity contribution in [2.75, 3.05) is 0 Å². The molecule has 0 spiro atoms. The minimum absolute atomic E-state index is 0.0277. The van der Waals surface area contributed by atoms with E-state index in [0.29, 0.717) is 5.56 Å². The second kappa shape index (κ2) is 6.19. The van der Waals surface area contributed by atoms with Gasteiger partial charge in [0.05, 0.1) is 4.92 Å². The number of alkyl halides is 1. The van der Waals surface area contributed by atoms with E-state index in [4.69, 9.17) is 16.3 Å². The van der Waals surface area contributed by atoms with Crippen LogP contribution in [0.4, 0.5) is 10.1 Å². The highest BCUT2D eigenvalue weighted by atomic mass is 79.9. The van der Waals surface area contributed by atoms with Crippen molar-refractivity contribution in [3.63, 3.8) is 0 Å². The highest BCUT2D eigenvalue weighted by Gasteiger charge is 2.17. The summed E-state index contributed by atoms with van der Waals surface area (Å²) in [7, 11) is 0. The summed E-state index contributed by atoms with van der Waals surface area (Å²) in [6.07, 6.45) is 0. The van der Waals surface area contributed by atoms with E-state index in [1.165, 1.54) is 30.3 Å². The molecule has 0 fully saturated rings. The molecule has 104 valence electrons. The molecule has 0 radical (unpaired) electrons. The van der Waals surface area contributed by atoms with Crippen LogP contribution in [0.15, 0.2) is 40.9 Å². The Bertz CT molecular complexity index is 666. The van der Waals surface area contributed by atoms with Gasteiger partial charge in [-0.1, -0.05) is 12.1 Å². The van der Waals surface area contributed by atoms with Crippen LogP contribution in [-0.4, -0.2) is 4.92 Å². The Morgan fingerprint density at radius 2 is 2.05 bits per heavy atom. The average Bonchev–Trinajstić information content (AvgIpc) is 2.42. The van der Waals surface area contributed by atoms with Gasteiger partial charge in [-0.15, -0.1) is 11.6 Å². The molecule has 0 saturated heterocycles. The zero-order chi connectivity index (χ0) is 14.7. The molecule has 0 unspecified atom stereocenters. The number of benzene rings is 2. The lowest BCUT2D eigenvalue weighted by atomic mass is 10.2. The number of nitrogens with zero attached hydrogens (tertiary/aromatic N) is 1. The van der Waals surface area contributed by atoms with Crippen LogP contribution in [0.1, 0.15) is 5.56 Å². The molecule has 2 aromatic carbocycles. The molecule has 7 heteroatoms. The number of halogens is 3. The third-order valence-electron chi connectivity index (χ3n) is 2.51. The molecular weight excluding hydrogens is 353 g/mol. The van der Waals surface area contributed by atoms with Gasteiger partial charge in [0.2, 0.25) is 0 Å². The first-order chi connectivity index (χ1) is 9.52. The summed E-state index contributed by atoms with van der Waals surface area (Å²) < 4.78 is 19.3. The Morgan fingerprint density at radius 3 is 2.65 bits per heavy atom. The largest absolute Gasteiger partial charge is 0.453 e. The van der Waals surface area contributed by atoms with E-state index >= 15 is 0 Å². The first-order valence-electron chi connectivity index (χ1n) is 5.48. The Labute approximate surface area is 127 Å². The number of nitro benzene ring substituents is 1. The summed E-state index contributed by atoms with van der Waals surface area (Å²) in [5.74, 6) is -0.254. The fourth-order valence-electron chi connectivity index (χ4n) is 1.55. The normalized spacial score (nSPS) is 10.3. The highest BCUT2D eigenvalue weighted by molar-refractivity contribution is 9.10. The minimum Gasteiger partial charge on any atom is -0.453 e. The van der Waals surface area contributed by atoms with Gasteiger partial charge in [-0.05, 0) is 39.7 Å². The van der Waals surface area contributed by atoms with E-state index in [1.807, 2.05) is 0 Å². The molecule has 0 aliphatic carbocycles. The average molecular weight is 361 g/mol. The maximum atomic E-state index is 13.8. The number of hydrogen-bond donors (Lipinski definition) is 0. The van der Waals surface area contributed by atoms with Crippen molar-refractivity contribution in [3.05, 3.63) is 62.4 Å². The summed E-state index contributed by atoms with van der Waals surface area (Å²) in [6, 6.07) is 8.60. The summed E-state index contributed by atoms with van der Waals surface area (Å²) in [5.41, 5.74) is 0.468. The zero-order valence-corrected chi connectivity index (χ0v) is 12.3. The van der Waals surface area contributed by atoms with E-state index in [2.05, 4.69) is 15.9 Å². The lowest BCUT2D eigenvalue weighted by molar-refractivity contribution is -0.385. The maximum absolute atomic E-state index is 13.8. The molecule has 0 amide bonds. The molecule has 0 heterocycles. The maximum Gasteiger partial charge on any atom is 0.287 e. The lowest BCUT2D eigenvalue weighted by Crippen LogP contribution is -1.94. The molecule has 20 heavy (non-hydrogen) atoms. The molecule has 0 atom stereocenters. The fourth-order valence-corrected chi connectivity index (χ4v) is 2.20. The van der Waals surface area contributed by atoms with Crippen molar-refractivity contribution in [1.82, 2.24) is 0 Å². The van der Waals surface area contributed by atoms with Gasteiger partial charge in [-0.25, -0.2) is 4.39 Å². The highest BCUT2D eigenvalue weighted by Crippen LogP contribution is 2.37. The van der Waals surface area contributed by atoms with Gasteiger partial charge in [0.15, 0.2) is 11.6 Å². The van der Waals surface area contributed by atoms with Gasteiger partial charge in [-0.3, -0.25) is 10.1 Å². The topological polar surface area (TPSA) is 52.4 Å². The van der Waals surface area contributed by atoms with Crippen molar-refractivity contribution in [2.45, 2.75) is 5.88 Å². The Balaban J connectivity index is 2.35. The molecule has 2 rings (SSSR count). The molecule has 0 aliphatic heterocycles. The van der Waals surface area contributed by atoms with E-state index in [9.17, 15) is 14.5 Å². The van der Waals surface area contributed by atoms with Gasteiger partial charge < -0.3 is 4.74 Å². The minimum atomic E-state index is -0.582. The SMILES string of the molecule is O=[N+]([O-])c1cccc(Oc2ccc(CCl)cc2F)c1Br. The van der Waals surface area contributed by atoms with Crippen LogP contribution in [0.2, 0.25) is 0 Å². The Kier molecular flexibility index (Phi) is 4.57. The second-order valence-corrected chi connectivity index (χ2v) is 4.91. The third-order valence-corrected chi connectivity index (χ3v) is 3.62. The van der Waals surface area contributed by atoms with E-state index in [0.717, 1.165) is 0 Å². The van der Waals surface area contributed by atoms with Crippen LogP contribution in [-0.2, 0) is 5.88 Å². The molecular formula is C13H8BrClFNO3. The monoisotopic (exact) mass is 359 g/mol. The van der Waals surface area contributed by atoms with E-state index in [-0.39, 0.29) is 27.5 Å². The van der Waals surface area contributed by atoms with Crippen LogP contribution < -0.4 is 4.74 Å². The fraction of sp³-hybridized carbons (Fsp3) is 0.0769. The molecule has 0 aliphatic rings. The van der Waals surface area contributed by atoms with Crippen LogP contribution in [0.5, 0.6) is 11.5 Å². The van der Waals surface area contributed by atoms with Gasteiger partial charge >= 0.3 is 0 Å². The summed E-state index contributed by atoms with van der Waals surface area (Å²) in [5, 5.41) is 10.8. The van der Waals surface area contributed by atoms with Crippen LogP contribution in [0, 0.1) is 15.9 Å². The summed E-state index contributed by atoms with van der Waals surface area (Å²) in [6.45, 7) is 0. The first-order valence-corrected chi connectivity index (χ1v) is 6.81. The summed E-state index contributed by atoms with van der Waals surface area (Å²) >= 11 is 8.68. The van der Waals surface area contributed by atoms with Crippen molar-refractivity contribution in [1.29, 1.82) is 0 Å². The van der Waals surface area contributed by atoms with Crippen LogP contribution in [0.3, 0.4) is 0 Å². The second-order valence-electron chi connectivity index (χ2n) is 3.85. The van der Waals surface area contributed by atoms with Gasteiger partial charge in [0, 0.05) is 11.9 Å². The molecule has 0 N–H and O–H groups in total. The molecule has 0 bridgehead atoms. The Hall–Kier alpha value is -1.66. The third kappa shape index (κ3) is 3.08. The quantitative estimate of drug-likeness (QED) is 0.436. The number of nitro groups is 1. The number of ether oxygens (including phenoxy) is 1. The first kappa shape index (κ1) is 14.7. The predicted octanol–water partition coefficient (Wildman–Crippen LogP) is 5.03. The standard InChI is InChI=1S/C13H8BrClFNO3/c14-13-10(17(18)19)2-1-3-12(13)20-11-5-4-8(7-15)6-9(11)16/h1-6H,7H2. The predicted molar refractivity (Wildman–Crippen MR) is 76.8 cm³/mol. The smallest absolute Gasteiger partial charge is 0.287 e. The van der Waals surface area contributed by atoms with Crippen molar-refractivity contribution in [2.24, 2.45) is 0 Å². The molecule has 0 aromatic heterocycles. The van der Waals surface area contributed by atoms with E-state index < -0.39 is 10.7 Å². The van der Waals surface area contributed by atoms with Gasteiger partial charge in [0.25, 0.3) is 5.69 Å². The van der Waals surface area contributed by atoms with E-state index in [1.54, 1.807) is 6.07 Å². The molecule has 2 aromatic rings. The number of rotatable bonds is 4. The zero-order valence-electron chi connectivity index (χ0n) is 9.98. The van der Waals surface area contributed by atoms with Crippen LogP contribution in [0.25, 0.3) is 0 Å². The Morgan fingerprint density at radius 1 is 1.30 bits per heavy atom. The molecule has 0 saturated carbocycles. The van der Waals surface area contributed by atoms with Crippen molar-refractivity contribution >= 4 is 33.2 Å². The summed E-state index contributed by atoms with van der Waals surface area (Å²) in [4.78, 5) is 10.3. The van der Waals surface area contributed by atoms with Gasteiger partial charge in [-0.2, -0.15) is 0 Å². The molecule has 4 nitrogen and oxygen atoms in total. The van der Waals surface area contributed by atoms with Crippen molar-refractivity contribution in [3.8, 4) is 11.5 Å². The number of hydrogen-bond acceptors (Lipinski definition) is 3.